The van der Waals surface area contributed by atoms with Gasteiger partial charge in [0.05, 0.1) is 41.4 Å². The molecule has 0 spiro atoms. The molecule has 3 heterocycles. The molecule has 6 nitrogen and oxygen atoms in total. The second-order valence-corrected chi connectivity index (χ2v) is 8.59. The number of para-hydroxylation sites is 1. The SMILES string of the molecule is Cc1cc(C)n(Cc2cc(C3=C(CC(=O)c4ccccc4)N=CCC3)nn2-c2ccccc2)n1. The average molecular weight is 450 g/mol. The van der Waals surface area contributed by atoms with Crippen molar-refractivity contribution in [1.29, 1.82) is 0 Å². The molecular weight excluding hydrogens is 422 g/mol. The van der Waals surface area contributed by atoms with Gasteiger partial charge < -0.3 is 0 Å². The summed E-state index contributed by atoms with van der Waals surface area (Å²) in [4.78, 5) is 17.6. The van der Waals surface area contributed by atoms with Crippen molar-refractivity contribution in [2.75, 3.05) is 0 Å². The second kappa shape index (κ2) is 9.43. The molecule has 0 aliphatic carbocycles. The van der Waals surface area contributed by atoms with Crippen LogP contribution < -0.4 is 0 Å². The number of aromatic nitrogens is 4. The van der Waals surface area contributed by atoms with Crippen molar-refractivity contribution in [1.82, 2.24) is 19.6 Å². The Bertz CT molecular complexity index is 1380. The van der Waals surface area contributed by atoms with Crippen LogP contribution in [-0.4, -0.2) is 31.6 Å². The third-order valence-electron chi connectivity index (χ3n) is 6.05. The minimum Gasteiger partial charge on any atom is -0.294 e. The molecule has 0 saturated heterocycles. The smallest absolute Gasteiger partial charge is 0.168 e. The molecule has 0 atom stereocenters. The lowest BCUT2D eigenvalue weighted by Crippen LogP contribution is -2.09. The van der Waals surface area contributed by atoms with Gasteiger partial charge in [-0.2, -0.15) is 10.2 Å². The lowest BCUT2D eigenvalue weighted by Gasteiger charge is -2.13. The first kappa shape index (κ1) is 21.8. The van der Waals surface area contributed by atoms with Crippen LogP contribution in [0.15, 0.2) is 83.5 Å². The molecule has 2 aromatic carbocycles. The van der Waals surface area contributed by atoms with Crippen LogP contribution in [0.5, 0.6) is 0 Å². The molecule has 0 saturated carbocycles. The van der Waals surface area contributed by atoms with Crippen molar-refractivity contribution in [2.45, 2.75) is 39.7 Å². The standard InChI is InChI=1S/C28H27N5O/c1-20-16-21(2)32(30-20)19-24-17-27(31-33(24)23-12-7-4-8-13-23)25-14-9-15-29-26(25)18-28(34)22-10-5-3-6-11-22/h3-8,10-13,15-17H,9,14,18-19H2,1-2H3. The fraction of sp³-hybridized carbons (Fsp3) is 0.214. The number of carbonyl (C=O) groups is 1. The topological polar surface area (TPSA) is 65.1 Å². The van der Waals surface area contributed by atoms with Crippen LogP contribution in [0.2, 0.25) is 0 Å². The summed E-state index contributed by atoms with van der Waals surface area (Å²) in [5, 5.41) is 9.64. The van der Waals surface area contributed by atoms with Gasteiger partial charge in [-0.1, -0.05) is 48.5 Å². The number of carbonyl (C=O) groups excluding carboxylic acids is 1. The van der Waals surface area contributed by atoms with E-state index in [1.165, 1.54) is 0 Å². The lowest BCUT2D eigenvalue weighted by atomic mass is 9.97. The van der Waals surface area contributed by atoms with Gasteiger partial charge >= 0.3 is 0 Å². The maximum Gasteiger partial charge on any atom is 0.168 e. The predicted molar refractivity (Wildman–Crippen MR) is 134 cm³/mol. The molecule has 34 heavy (non-hydrogen) atoms. The number of Topliss-reactive ketones (excluding diaryl/α,β-unsaturated/α-hetero) is 1. The maximum atomic E-state index is 12.9. The van der Waals surface area contributed by atoms with Gasteiger partial charge in [0, 0.05) is 23.0 Å². The van der Waals surface area contributed by atoms with Crippen molar-refractivity contribution in [3.8, 4) is 5.69 Å². The van der Waals surface area contributed by atoms with Gasteiger partial charge in [-0.3, -0.25) is 14.5 Å². The first-order valence-electron chi connectivity index (χ1n) is 11.6. The minimum atomic E-state index is 0.0671. The Morgan fingerprint density at radius 1 is 0.941 bits per heavy atom. The molecule has 170 valence electrons. The summed E-state index contributed by atoms with van der Waals surface area (Å²) in [6.45, 7) is 4.68. The Morgan fingerprint density at radius 3 is 2.38 bits per heavy atom. The number of hydrogen-bond donors (Lipinski definition) is 0. The Hall–Kier alpha value is -4.06. The summed E-state index contributed by atoms with van der Waals surface area (Å²) in [7, 11) is 0. The molecule has 0 radical (unpaired) electrons. The number of aliphatic imine (C=N–C) groups is 1. The minimum absolute atomic E-state index is 0.0671. The number of rotatable bonds is 7. The lowest BCUT2D eigenvalue weighted by molar-refractivity contribution is 0.0992. The predicted octanol–water partition coefficient (Wildman–Crippen LogP) is 5.58. The Kier molecular flexibility index (Phi) is 6.04. The van der Waals surface area contributed by atoms with E-state index in [4.69, 9.17) is 5.10 Å². The summed E-state index contributed by atoms with van der Waals surface area (Å²) in [6.07, 6.45) is 3.82. The molecule has 5 rings (SSSR count). The molecule has 1 aliphatic heterocycles. The van der Waals surface area contributed by atoms with Crippen LogP contribution in [0.25, 0.3) is 11.3 Å². The van der Waals surface area contributed by atoms with Crippen LogP contribution in [0, 0.1) is 13.8 Å². The van der Waals surface area contributed by atoms with Crippen molar-refractivity contribution in [2.24, 2.45) is 4.99 Å². The highest BCUT2D eigenvalue weighted by atomic mass is 16.1. The molecule has 6 heteroatoms. The van der Waals surface area contributed by atoms with E-state index in [1.807, 2.05) is 71.0 Å². The number of hydrogen-bond acceptors (Lipinski definition) is 4. The van der Waals surface area contributed by atoms with Gasteiger partial charge in [-0.25, -0.2) is 4.68 Å². The fourth-order valence-electron chi connectivity index (χ4n) is 4.37. The van der Waals surface area contributed by atoms with E-state index in [1.54, 1.807) is 0 Å². The summed E-state index contributed by atoms with van der Waals surface area (Å²) in [5.41, 5.74) is 7.54. The number of nitrogens with zero attached hydrogens (tertiary/aromatic N) is 5. The van der Waals surface area contributed by atoms with E-state index >= 15 is 0 Å². The van der Waals surface area contributed by atoms with Crippen LogP contribution in [0.4, 0.5) is 0 Å². The van der Waals surface area contributed by atoms with Crippen LogP contribution in [-0.2, 0) is 6.54 Å². The van der Waals surface area contributed by atoms with E-state index in [0.717, 1.165) is 52.6 Å². The maximum absolute atomic E-state index is 12.9. The Morgan fingerprint density at radius 2 is 1.68 bits per heavy atom. The van der Waals surface area contributed by atoms with Crippen molar-refractivity contribution < 1.29 is 4.79 Å². The van der Waals surface area contributed by atoms with Crippen molar-refractivity contribution in [3.05, 3.63) is 107 Å². The van der Waals surface area contributed by atoms with Crippen molar-refractivity contribution in [3.63, 3.8) is 0 Å². The Balaban J connectivity index is 1.55. The zero-order valence-corrected chi connectivity index (χ0v) is 19.5. The van der Waals surface area contributed by atoms with E-state index in [9.17, 15) is 4.79 Å². The third kappa shape index (κ3) is 4.53. The highest BCUT2D eigenvalue weighted by Crippen LogP contribution is 2.30. The third-order valence-corrected chi connectivity index (χ3v) is 6.05. The monoisotopic (exact) mass is 449 g/mol. The molecule has 0 unspecified atom stereocenters. The molecule has 1 aliphatic rings. The fourth-order valence-corrected chi connectivity index (χ4v) is 4.37. The molecule has 0 N–H and O–H groups in total. The zero-order valence-electron chi connectivity index (χ0n) is 19.5. The Labute approximate surface area is 199 Å². The number of benzene rings is 2. The number of aryl methyl sites for hydroxylation is 2. The first-order chi connectivity index (χ1) is 16.6. The first-order valence-corrected chi connectivity index (χ1v) is 11.6. The summed E-state index contributed by atoms with van der Waals surface area (Å²) >= 11 is 0. The summed E-state index contributed by atoms with van der Waals surface area (Å²) < 4.78 is 3.98. The number of ketones is 1. The quantitative estimate of drug-likeness (QED) is 0.346. The van der Waals surface area contributed by atoms with Crippen LogP contribution in [0.3, 0.4) is 0 Å². The van der Waals surface area contributed by atoms with Gasteiger partial charge in [0.25, 0.3) is 0 Å². The second-order valence-electron chi connectivity index (χ2n) is 8.59. The van der Waals surface area contributed by atoms with Gasteiger partial charge in [-0.15, -0.1) is 0 Å². The zero-order chi connectivity index (χ0) is 23.5. The van der Waals surface area contributed by atoms with E-state index in [2.05, 4.69) is 41.3 Å². The van der Waals surface area contributed by atoms with Crippen molar-refractivity contribution >= 4 is 17.6 Å². The van der Waals surface area contributed by atoms with Crippen LogP contribution >= 0.6 is 0 Å². The normalized spacial score (nSPS) is 13.5. The highest BCUT2D eigenvalue weighted by molar-refractivity contribution is 5.99. The molecule has 4 aromatic rings. The summed E-state index contributed by atoms with van der Waals surface area (Å²) in [6, 6.07) is 23.7. The largest absolute Gasteiger partial charge is 0.294 e. The molecule has 0 fully saturated rings. The molecular formula is C28H27N5O. The van der Waals surface area contributed by atoms with Gasteiger partial charge in [-0.05, 0) is 51.0 Å². The van der Waals surface area contributed by atoms with Gasteiger partial charge in [0.2, 0.25) is 0 Å². The van der Waals surface area contributed by atoms with E-state index in [0.29, 0.717) is 12.1 Å². The molecule has 0 bridgehead atoms. The number of allylic oxidation sites excluding steroid dienone is 2. The van der Waals surface area contributed by atoms with E-state index < -0.39 is 0 Å². The van der Waals surface area contributed by atoms with Gasteiger partial charge in [0.15, 0.2) is 5.78 Å². The van der Waals surface area contributed by atoms with Gasteiger partial charge in [0.1, 0.15) is 0 Å². The molecule has 0 amide bonds. The van der Waals surface area contributed by atoms with Crippen LogP contribution in [0.1, 0.15) is 52.4 Å². The molecule has 2 aromatic heterocycles. The van der Waals surface area contributed by atoms with E-state index in [-0.39, 0.29) is 12.2 Å². The summed E-state index contributed by atoms with van der Waals surface area (Å²) in [5.74, 6) is 0.0671. The average Bonchev–Trinajstić information content (AvgIpc) is 3.42. The highest BCUT2D eigenvalue weighted by Gasteiger charge is 2.21.